The maximum absolute atomic E-state index is 3.58. The van der Waals surface area contributed by atoms with Gasteiger partial charge in [-0.25, -0.2) is 0 Å². The Kier molecular flexibility index (Phi) is 3.96. The number of nitrogens with one attached hydrogen (secondary N) is 1. The number of benzene rings is 1. The van der Waals surface area contributed by atoms with Crippen molar-refractivity contribution in [2.75, 3.05) is 25.0 Å². The van der Waals surface area contributed by atoms with Gasteiger partial charge in [0.15, 0.2) is 0 Å². The van der Waals surface area contributed by atoms with Crippen molar-refractivity contribution in [3.8, 4) is 0 Å². The van der Waals surface area contributed by atoms with E-state index in [1.165, 1.54) is 68.4 Å². The van der Waals surface area contributed by atoms with Gasteiger partial charge in [-0.05, 0) is 55.2 Å². The average molecular weight is 293 g/mol. The predicted molar refractivity (Wildman–Crippen MR) is 86.7 cm³/mol. The number of hydrogen-bond donors (Lipinski definition) is 1. The fourth-order valence-corrected chi connectivity index (χ4v) is 4.31. The number of hydrogen-bond acceptors (Lipinski definition) is 2. The number of para-hydroxylation sites is 1. The van der Waals surface area contributed by atoms with Crippen LogP contribution in [0.25, 0.3) is 0 Å². The molecule has 1 saturated carbocycles. The number of rotatable bonds is 2. The minimum Gasteiger partial charge on any atom is -0.384 e. The third-order valence-electron chi connectivity index (χ3n) is 5.48. The molecule has 2 heterocycles. The van der Waals surface area contributed by atoms with Crippen LogP contribution in [0.1, 0.15) is 43.2 Å². The summed E-state index contributed by atoms with van der Waals surface area (Å²) in [5, 5.41) is 3.58. The lowest BCUT2D eigenvalue weighted by atomic mass is 9.64. The van der Waals surface area contributed by atoms with E-state index in [-0.39, 0.29) is 12.4 Å². The summed E-state index contributed by atoms with van der Waals surface area (Å²) in [6, 6.07) is 6.84. The van der Waals surface area contributed by atoms with Crippen LogP contribution in [0.2, 0.25) is 0 Å². The van der Waals surface area contributed by atoms with Crippen LogP contribution in [0.5, 0.6) is 0 Å². The van der Waals surface area contributed by atoms with E-state index in [4.69, 9.17) is 0 Å². The van der Waals surface area contributed by atoms with E-state index in [9.17, 15) is 0 Å². The van der Waals surface area contributed by atoms with Gasteiger partial charge in [0.25, 0.3) is 0 Å². The Labute approximate surface area is 128 Å². The molecule has 1 saturated heterocycles. The summed E-state index contributed by atoms with van der Waals surface area (Å²) >= 11 is 0. The minimum absolute atomic E-state index is 0. The molecule has 1 N–H and O–H groups in total. The molecular formula is C17H25ClN2. The molecular weight excluding hydrogens is 268 g/mol. The Hall–Kier alpha value is -0.730. The maximum Gasteiger partial charge on any atom is 0.0419 e. The van der Waals surface area contributed by atoms with Gasteiger partial charge in [-0.15, -0.1) is 12.4 Å². The molecule has 0 atom stereocenters. The van der Waals surface area contributed by atoms with Gasteiger partial charge in [0.2, 0.25) is 0 Å². The van der Waals surface area contributed by atoms with Gasteiger partial charge in [-0.2, -0.15) is 0 Å². The lowest BCUT2D eigenvalue weighted by molar-refractivity contribution is 0.0167. The summed E-state index contributed by atoms with van der Waals surface area (Å²) in [4.78, 5) is 2.71. The second-order valence-electron chi connectivity index (χ2n) is 6.80. The molecule has 0 bridgehead atoms. The Bertz CT molecular complexity index is 482. The van der Waals surface area contributed by atoms with Crippen LogP contribution in [0.4, 0.5) is 5.69 Å². The first kappa shape index (κ1) is 14.2. The zero-order chi connectivity index (χ0) is 12.7. The highest BCUT2D eigenvalue weighted by Crippen LogP contribution is 2.47. The lowest BCUT2D eigenvalue weighted by Gasteiger charge is -2.49. The molecule has 2 aliphatic heterocycles. The van der Waals surface area contributed by atoms with Crippen molar-refractivity contribution in [1.29, 1.82) is 0 Å². The van der Waals surface area contributed by atoms with Gasteiger partial charge in [-0.1, -0.05) is 24.6 Å². The van der Waals surface area contributed by atoms with Gasteiger partial charge in [0.1, 0.15) is 0 Å². The monoisotopic (exact) mass is 292 g/mol. The molecule has 0 unspecified atom stereocenters. The van der Waals surface area contributed by atoms with Crippen LogP contribution in [-0.4, -0.2) is 24.5 Å². The number of likely N-dealkylation sites (tertiary alicyclic amines) is 1. The molecule has 0 amide bonds. The fourth-order valence-electron chi connectivity index (χ4n) is 4.31. The molecule has 2 fully saturated rings. The lowest BCUT2D eigenvalue weighted by Crippen LogP contribution is -2.46. The standard InChI is InChI=1S/C17H24N2.ClH/c1-4-14-6-10-18-16(14)15(5-1)12-19-11-3-9-17(13-19)7-2-8-17;/h1,4-5,18H,2-3,6-13H2;1H. The summed E-state index contributed by atoms with van der Waals surface area (Å²) in [5.41, 5.74) is 5.19. The van der Waals surface area contributed by atoms with Gasteiger partial charge in [0.05, 0.1) is 0 Å². The van der Waals surface area contributed by atoms with Crippen molar-refractivity contribution < 1.29 is 0 Å². The first-order chi connectivity index (χ1) is 9.35. The Morgan fingerprint density at radius 3 is 2.80 bits per heavy atom. The number of anilines is 1. The summed E-state index contributed by atoms with van der Waals surface area (Å²) in [7, 11) is 0. The van der Waals surface area contributed by atoms with E-state index in [1.54, 1.807) is 0 Å². The van der Waals surface area contributed by atoms with Crippen molar-refractivity contribution in [3.63, 3.8) is 0 Å². The highest BCUT2D eigenvalue weighted by molar-refractivity contribution is 5.85. The van der Waals surface area contributed by atoms with E-state index in [2.05, 4.69) is 28.4 Å². The Balaban J connectivity index is 0.00000121. The first-order valence-corrected chi connectivity index (χ1v) is 7.92. The molecule has 4 rings (SSSR count). The van der Waals surface area contributed by atoms with Crippen molar-refractivity contribution in [1.82, 2.24) is 4.90 Å². The SMILES string of the molecule is Cl.c1cc2c(c(CN3CCCC4(CCC4)C3)c1)NCC2. The van der Waals surface area contributed by atoms with Crippen LogP contribution in [0, 0.1) is 5.41 Å². The normalized spacial score (nSPS) is 23.6. The molecule has 1 aliphatic carbocycles. The second kappa shape index (κ2) is 5.57. The smallest absolute Gasteiger partial charge is 0.0419 e. The van der Waals surface area contributed by atoms with Gasteiger partial charge in [0, 0.05) is 25.3 Å². The van der Waals surface area contributed by atoms with Crippen LogP contribution in [0.15, 0.2) is 18.2 Å². The van der Waals surface area contributed by atoms with E-state index in [0.29, 0.717) is 5.41 Å². The highest BCUT2D eigenvalue weighted by atomic mass is 35.5. The van der Waals surface area contributed by atoms with Crippen LogP contribution >= 0.6 is 12.4 Å². The van der Waals surface area contributed by atoms with Crippen molar-refractivity contribution >= 4 is 18.1 Å². The number of nitrogens with zero attached hydrogens (tertiary/aromatic N) is 1. The molecule has 1 aromatic carbocycles. The quantitative estimate of drug-likeness (QED) is 0.891. The largest absolute Gasteiger partial charge is 0.384 e. The molecule has 3 heteroatoms. The second-order valence-corrected chi connectivity index (χ2v) is 6.80. The van der Waals surface area contributed by atoms with E-state index in [0.717, 1.165) is 13.1 Å². The summed E-state index contributed by atoms with van der Waals surface area (Å²) < 4.78 is 0. The number of fused-ring (bicyclic) bond motifs is 1. The molecule has 2 nitrogen and oxygen atoms in total. The molecule has 3 aliphatic rings. The molecule has 110 valence electrons. The first-order valence-electron chi connectivity index (χ1n) is 7.92. The van der Waals surface area contributed by atoms with Gasteiger partial charge < -0.3 is 5.32 Å². The predicted octanol–water partition coefficient (Wildman–Crippen LogP) is 3.84. The zero-order valence-corrected chi connectivity index (χ0v) is 13.0. The van der Waals surface area contributed by atoms with Crippen LogP contribution < -0.4 is 5.32 Å². The van der Waals surface area contributed by atoms with Crippen molar-refractivity contribution in [2.24, 2.45) is 5.41 Å². The number of halogens is 1. The van der Waals surface area contributed by atoms with Crippen molar-refractivity contribution in [3.05, 3.63) is 29.3 Å². The zero-order valence-electron chi connectivity index (χ0n) is 12.2. The molecule has 20 heavy (non-hydrogen) atoms. The van der Waals surface area contributed by atoms with E-state index in [1.807, 2.05) is 0 Å². The molecule has 0 aromatic heterocycles. The third kappa shape index (κ3) is 2.44. The highest BCUT2D eigenvalue weighted by Gasteiger charge is 2.40. The molecule has 1 aromatic rings. The maximum atomic E-state index is 3.58. The Morgan fingerprint density at radius 1 is 1.15 bits per heavy atom. The van der Waals surface area contributed by atoms with Gasteiger partial charge in [-0.3, -0.25) is 4.90 Å². The van der Waals surface area contributed by atoms with E-state index >= 15 is 0 Å². The van der Waals surface area contributed by atoms with Crippen molar-refractivity contribution in [2.45, 2.75) is 45.1 Å². The van der Waals surface area contributed by atoms with Crippen LogP contribution in [-0.2, 0) is 13.0 Å². The van der Waals surface area contributed by atoms with Crippen LogP contribution in [0.3, 0.4) is 0 Å². The van der Waals surface area contributed by atoms with Gasteiger partial charge >= 0.3 is 0 Å². The molecule has 0 radical (unpaired) electrons. The Morgan fingerprint density at radius 2 is 2.00 bits per heavy atom. The van der Waals surface area contributed by atoms with E-state index < -0.39 is 0 Å². The summed E-state index contributed by atoms with van der Waals surface area (Å²) in [6.45, 7) is 4.91. The average Bonchev–Trinajstić information content (AvgIpc) is 2.87. The minimum atomic E-state index is 0. The number of piperidine rings is 1. The fraction of sp³-hybridized carbons (Fsp3) is 0.647. The third-order valence-corrected chi connectivity index (χ3v) is 5.48. The molecule has 1 spiro atoms. The topological polar surface area (TPSA) is 15.3 Å². The summed E-state index contributed by atoms with van der Waals surface area (Å²) in [6.07, 6.45) is 8.52. The summed E-state index contributed by atoms with van der Waals surface area (Å²) in [5.74, 6) is 0.